The lowest BCUT2D eigenvalue weighted by molar-refractivity contribution is -0.118. The Hall–Kier alpha value is -2.82. The van der Waals surface area contributed by atoms with Gasteiger partial charge in [0.05, 0.1) is 11.4 Å². The molecule has 2 aromatic rings. The molecule has 134 valence electrons. The van der Waals surface area contributed by atoms with E-state index in [0.29, 0.717) is 12.1 Å². The summed E-state index contributed by atoms with van der Waals surface area (Å²) in [5.41, 5.74) is 3.54. The van der Waals surface area contributed by atoms with E-state index in [4.69, 9.17) is 0 Å². The van der Waals surface area contributed by atoms with E-state index in [1.165, 1.54) is 5.56 Å². The van der Waals surface area contributed by atoms with Gasteiger partial charge in [0.25, 0.3) is 5.91 Å². The fourth-order valence-corrected chi connectivity index (χ4v) is 3.80. The number of rotatable bonds is 4. The fourth-order valence-electron chi connectivity index (χ4n) is 3.80. The first-order chi connectivity index (χ1) is 12.7. The molecule has 0 radical (unpaired) electrons. The molecule has 0 unspecified atom stereocenters. The van der Waals surface area contributed by atoms with Gasteiger partial charge in [-0.25, -0.2) is 0 Å². The first-order valence-electron chi connectivity index (χ1n) is 9.26. The van der Waals surface area contributed by atoms with Crippen LogP contribution in [0.15, 0.2) is 48.5 Å². The van der Waals surface area contributed by atoms with Crippen LogP contribution in [0.1, 0.15) is 35.2 Å². The Morgan fingerprint density at radius 1 is 1.15 bits per heavy atom. The van der Waals surface area contributed by atoms with Crippen molar-refractivity contribution < 1.29 is 9.59 Å². The smallest absolute Gasteiger partial charge is 0.251 e. The van der Waals surface area contributed by atoms with Crippen LogP contribution >= 0.6 is 0 Å². The van der Waals surface area contributed by atoms with Crippen molar-refractivity contribution in [3.63, 3.8) is 0 Å². The third-order valence-electron chi connectivity index (χ3n) is 5.17. The van der Waals surface area contributed by atoms with Gasteiger partial charge in [-0.3, -0.25) is 9.59 Å². The Balaban J connectivity index is 1.44. The summed E-state index contributed by atoms with van der Waals surface area (Å²) in [5.74, 6) is -0.0717. The molecule has 2 N–H and O–H groups in total. The molecule has 0 saturated carbocycles. The molecular formula is C21H23N3O2. The molecule has 2 heterocycles. The molecule has 1 fully saturated rings. The highest BCUT2D eigenvalue weighted by Gasteiger charge is 2.34. The number of amides is 2. The lowest BCUT2D eigenvalue weighted by atomic mass is 9.97. The molecule has 0 aromatic heterocycles. The Bertz CT molecular complexity index is 819. The van der Waals surface area contributed by atoms with Gasteiger partial charge in [-0.2, -0.15) is 0 Å². The minimum Gasteiger partial charge on any atom is -0.358 e. The Morgan fingerprint density at radius 2 is 2.00 bits per heavy atom. The highest BCUT2D eigenvalue weighted by atomic mass is 16.2. The molecule has 5 heteroatoms. The molecule has 2 aliphatic heterocycles. The normalized spacial score (nSPS) is 18.5. The van der Waals surface area contributed by atoms with Crippen molar-refractivity contribution >= 4 is 23.2 Å². The van der Waals surface area contributed by atoms with Gasteiger partial charge >= 0.3 is 0 Å². The minimum absolute atomic E-state index is 0.0406. The molecule has 2 amide bonds. The topological polar surface area (TPSA) is 61.4 Å². The fraction of sp³-hybridized carbons (Fsp3) is 0.333. The van der Waals surface area contributed by atoms with Crippen molar-refractivity contribution in [3.05, 3.63) is 59.7 Å². The van der Waals surface area contributed by atoms with Crippen molar-refractivity contribution in [1.82, 2.24) is 5.32 Å². The van der Waals surface area contributed by atoms with Crippen LogP contribution in [-0.2, 0) is 11.2 Å². The number of piperidine rings is 1. The van der Waals surface area contributed by atoms with E-state index in [1.54, 1.807) is 6.07 Å². The van der Waals surface area contributed by atoms with Crippen molar-refractivity contribution in [2.24, 2.45) is 0 Å². The second-order valence-corrected chi connectivity index (χ2v) is 6.92. The average molecular weight is 349 g/mol. The van der Waals surface area contributed by atoms with E-state index in [-0.39, 0.29) is 17.9 Å². The zero-order valence-electron chi connectivity index (χ0n) is 14.7. The van der Waals surface area contributed by atoms with Crippen LogP contribution in [0.4, 0.5) is 11.4 Å². The van der Waals surface area contributed by atoms with Gasteiger partial charge in [0.2, 0.25) is 5.91 Å². The molecule has 26 heavy (non-hydrogen) atoms. The molecule has 1 saturated heterocycles. The third kappa shape index (κ3) is 3.29. The third-order valence-corrected chi connectivity index (χ3v) is 5.17. The van der Waals surface area contributed by atoms with Gasteiger partial charge in [-0.15, -0.1) is 0 Å². The predicted octanol–water partition coefficient (Wildman–Crippen LogP) is 2.97. The summed E-state index contributed by atoms with van der Waals surface area (Å²) in [7, 11) is 0. The number of hydrogen-bond acceptors (Lipinski definition) is 3. The number of fused-ring (bicyclic) bond motifs is 3. The van der Waals surface area contributed by atoms with Gasteiger partial charge in [0.15, 0.2) is 0 Å². The zero-order valence-corrected chi connectivity index (χ0v) is 14.7. The van der Waals surface area contributed by atoms with Crippen molar-refractivity contribution in [2.45, 2.75) is 31.7 Å². The van der Waals surface area contributed by atoms with Crippen LogP contribution in [0.25, 0.3) is 0 Å². The number of hydrogen-bond donors (Lipinski definition) is 2. The van der Waals surface area contributed by atoms with Crippen molar-refractivity contribution in [2.75, 3.05) is 23.3 Å². The summed E-state index contributed by atoms with van der Waals surface area (Å²) in [6.07, 6.45) is 3.88. The minimum atomic E-state index is -0.112. The van der Waals surface area contributed by atoms with E-state index in [1.807, 2.05) is 30.3 Å². The molecule has 0 bridgehead atoms. The van der Waals surface area contributed by atoms with E-state index in [0.717, 1.165) is 43.6 Å². The number of benzene rings is 2. The molecule has 1 atom stereocenters. The highest BCUT2D eigenvalue weighted by Crippen LogP contribution is 2.36. The largest absolute Gasteiger partial charge is 0.358 e. The molecule has 0 spiro atoms. The maximum absolute atomic E-state index is 12.4. The lowest BCUT2D eigenvalue weighted by Gasteiger charge is -2.41. The van der Waals surface area contributed by atoms with Crippen molar-refractivity contribution in [3.8, 4) is 0 Å². The van der Waals surface area contributed by atoms with E-state index >= 15 is 0 Å². The van der Waals surface area contributed by atoms with Gasteiger partial charge in [0, 0.05) is 18.7 Å². The number of nitrogens with zero attached hydrogens (tertiary/aromatic N) is 1. The number of nitrogens with one attached hydrogen (secondary N) is 2. The summed E-state index contributed by atoms with van der Waals surface area (Å²) in [6, 6.07) is 15.6. The molecule has 2 aromatic carbocycles. The Morgan fingerprint density at radius 3 is 2.85 bits per heavy atom. The second-order valence-electron chi connectivity index (χ2n) is 6.92. The Kier molecular flexibility index (Phi) is 4.61. The second kappa shape index (κ2) is 7.20. The van der Waals surface area contributed by atoms with Crippen LogP contribution in [0, 0.1) is 0 Å². The molecule has 0 aliphatic carbocycles. The average Bonchev–Trinajstić information content (AvgIpc) is 2.68. The van der Waals surface area contributed by atoms with Gasteiger partial charge in [0.1, 0.15) is 6.04 Å². The first-order valence-corrected chi connectivity index (χ1v) is 9.26. The molecule has 2 aliphatic rings. The van der Waals surface area contributed by atoms with E-state index in [9.17, 15) is 9.59 Å². The van der Waals surface area contributed by atoms with Gasteiger partial charge in [-0.05, 0) is 49.4 Å². The summed E-state index contributed by atoms with van der Waals surface area (Å²) >= 11 is 0. The van der Waals surface area contributed by atoms with Crippen LogP contribution < -0.4 is 15.5 Å². The van der Waals surface area contributed by atoms with Crippen LogP contribution in [0.3, 0.4) is 0 Å². The summed E-state index contributed by atoms with van der Waals surface area (Å²) in [4.78, 5) is 27.0. The lowest BCUT2D eigenvalue weighted by Crippen LogP contribution is -2.50. The number of anilines is 2. The molecule has 4 rings (SSSR count). The maximum Gasteiger partial charge on any atom is 0.251 e. The number of carbonyl (C=O) groups excluding carboxylic acids is 2. The Labute approximate surface area is 153 Å². The summed E-state index contributed by atoms with van der Waals surface area (Å²) in [5, 5.41) is 5.93. The zero-order chi connectivity index (χ0) is 17.9. The molecule has 5 nitrogen and oxygen atoms in total. The van der Waals surface area contributed by atoms with Crippen molar-refractivity contribution in [1.29, 1.82) is 0 Å². The maximum atomic E-state index is 12.4. The van der Waals surface area contributed by atoms with E-state index in [2.05, 4.69) is 27.7 Å². The number of carbonyl (C=O) groups is 2. The predicted molar refractivity (Wildman–Crippen MR) is 103 cm³/mol. The van der Waals surface area contributed by atoms with Crippen LogP contribution in [0.5, 0.6) is 0 Å². The van der Waals surface area contributed by atoms with Gasteiger partial charge < -0.3 is 15.5 Å². The summed E-state index contributed by atoms with van der Waals surface area (Å²) in [6.45, 7) is 1.48. The van der Waals surface area contributed by atoms with Gasteiger partial charge in [-0.1, -0.05) is 30.3 Å². The highest BCUT2D eigenvalue weighted by molar-refractivity contribution is 6.05. The van der Waals surface area contributed by atoms with Crippen LogP contribution in [-0.4, -0.2) is 30.9 Å². The quantitative estimate of drug-likeness (QED) is 0.892. The van der Waals surface area contributed by atoms with Crippen LogP contribution in [0.2, 0.25) is 0 Å². The first kappa shape index (κ1) is 16.6. The summed E-state index contributed by atoms with van der Waals surface area (Å²) < 4.78 is 0. The monoisotopic (exact) mass is 349 g/mol. The van der Waals surface area contributed by atoms with E-state index < -0.39 is 0 Å². The molecular weight excluding hydrogens is 326 g/mol. The standard InChI is InChI=1S/C21H23N3O2/c25-20(22-12-11-15-6-2-1-3-7-15)16-9-10-18-17(14-16)23-21(26)19-8-4-5-13-24(18)19/h1-3,6-7,9-10,14,19H,4-5,8,11-13H2,(H,22,25)(H,23,26)/t19-/m0/s1. The SMILES string of the molecule is O=C(NCCc1ccccc1)c1ccc2c(c1)NC(=O)[C@@H]1CCCCN21.